The highest BCUT2D eigenvalue weighted by atomic mass is 16.2. The number of anilines is 1. The number of hydrogen-bond acceptors (Lipinski definition) is 3. The summed E-state index contributed by atoms with van der Waals surface area (Å²) in [5, 5.41) is 9.63. The van der Waals surface area contributed by atoms with Crippen LogP contribution in [0, 0.1) is 19.3 Å². The molecule has 0 radical (unpaired) electrons. The number of hydrogen-bond donors (Lipinski definition) is 2. The van der Waals surface area contributed by atoms with Gasteiger partial charge in [-0.15, -0.1) is 6.42 Å². The molecule has 0 atom stereocenters. The SMILES string of the molecule is C#CCNCC(=O)Nc1cc(C)nn1C. The predicted molar refractivity (Wildman–Crippen MR) is 58.3 cm³/mol. The molecule has 0 aromatic carbocycles. The molecule has 0 bridgehead atoms. The summed E-state index contributed by atoms with van der Waals surface area (Å²) < 4.78 is 1.62. The molecule has 0 spiro atoms. The van der Waals surface area contributed by atoms with Crippen molar-refractivity contribution in [1.82, 2.24) is 15.1 Å². The molecule has 0 aliphatic carbocycles. The van der Waals surface area contributed by atoms with E-state index in [0.717, 1.165) is 5.69 Å². The van der Waals surface area contributed by atoms with Gasteiger partial charge >= 0.3 is 0 Å². The number of amides is 1. The van der Waals surface area contributed by atoms with Crippen molar-refractivity contribution in [2.45, 2.75) is 6.92 Å². The summed E-state index contributed by atoms with van der Waals surface area (Å²) in [4.78, 5) is 11.4. The van der Waals surface area contributed by atoms with Crippen LogP contribution in [0.1, 0.15) is 5.69 Å². The molecule has 0 saturated heterocycles. The Bertz CT molecular complexity index is 389. The summed E-state index contributed by atoms with van der Waals surface area (Å²) >= 11 is 0. The van der Waals surface area contributed by atoms with Crippen LogP contribution in [0.5, 0.6) is 0 Å². The highest BCUT2D eigenvalue weighted by Crippen LogP contribution is 2.06. The van der Waals surface area contributed by atoms with Crippen LogP contribution in [0.15, 0.2) is 6.07 Å². The van der Waals surface area contributed by atoms with E-state index in [2.05, 4.69) is 21.7 Å². The Morgan fingerprint density at radius 2 is 2.47 bits per heavy atom. The van der Waals surface area contributed by atoms with Gasteiger partial charge in [0, 0.05) is 13.1 Å². The van der Waals surface area contributed by atoms with E-state index >= 15 is 0 Å². The first-order valence-corrected chi connectivity index (χ1v) is 4.58. The third-order valence-corrected chi connectivity index (χ3v) is 1.78. The number of aromatic nitrogens is 2. The van der Waals surface area contributed by atoms with Crippen molar-refractivity contribution >= 4 is 11.7 Å². The molecule has 5 nitrogen and oxygen atoms in total. The molecule has 15 heavy (non-hydrogen) atoms. The first kappa shape index (κ1) is 11.3. The summed E-state index contributed by atoms with van der Waals surface area (Å²) in [5.41, 5.74) is 0.865. The third-order valence-electron chi connectivity index (χ3n) is 1.78. The number of aryl methyl sites for hydroxylation is 2. The molecular weight excluding hydrogens is 192 g/mol. The van der Waals surface area contributed by atoms with E-state index in [4.69, 9.17) is 6.42 Å². The van der Waals surface area contributed by atoms with Crippen molar-refractivity contribution in [2.75, 3.05) is 18.4 Å². The molecular formula is C10H14N4O. The Kier molecular flexibility index (Phi) is 3.89. The third kappa shape index (κ3) is 3.44. The second kappa shape index (κ2) is 5.17. The Balaban J connectivity index is 2.45. The van der Waals surface area contributed by atoms with E-state index in [0.29, 0.717) is 12.4 Å². The molecule has 1 aromatic heterocycles. The van der Waals surface area contributed by atoms with Crippen molar-refractivity contribution in [3.63, 3.8) is 0 Å². The van der Waals surface area contributed by atoms with Gasteiger partial charge in [-0.25, -0.2) is 0 Å². The largest absolute Gasteiger partial charge is 0.310 e. The molecule has 2 N–H and O–H groups in total. The van der Waals surface area contributed by atoms with Gasteiger partial charge in [-0.1, -0.05) is 5.92 Å². The van der Waals surface area contributed by atoms with Crippen LogP contribution >= 0.6 is 0 Å². The van der Waals surface area contributed by atoms with Crippen LogP contribution in [0.3, 0.4) is 0 Å². The Morgan fingerprint density at radius 3 is 3.00 bits per heavy atom. The summed E-state index contributed by atoms with van der Waals surface area (Å²) in [7, 11) is 1.78. The molecule has 0 aliphatic rings. The van der Waals surface area contributed by atoms with E-state index < -0.39 is 0 Å². The number of carbonyl (C=O) groups is 1. The first-order valence-electron chi connectivity index (χ1n) is 4.58. The molecule has 1 heterocycles. The van der Waals surface area contributed by atoms with E-state index in [1.807, 2.05) is 6.92 Å². The van der Waals surface area contributed by atoms with E-state index in [1.165, 1.54) is 0 Å². The fourth-order valence-corrected chi connectivity index (χ4v) is 1.16. The number of nitrogens with one attached hydrogen (secondary N) is 2. The van der Waals surface area contributed by atoms with Gasteiger partial charge in [-0.3, -0.25) is 14.8 Å². The van der Waals surface area contributed by atoms with Gasteiger partial charge in [0.15, 0.2) is 0 Å². The molecule has 80 valence electrons. The van der Waals surface area contributed by atoms with Gasteiger partial charge in [0.1, 0.15) is 5.82 Å². The van der Waals surface area contributed by atoms with Gasteiger partial charge in [-0.05, 0) is 6.92 Å². The van der Waals surface area contributed by atoms with Crippen molar-refractivity contribution in [3.05, 3.63) is 11.8 Å². The maximum Gasteiger partial charge on any atom is 0.239 e. The van der Waals surface area contributed by atoms with Gasteiger partial charge < -0.3 is 5.32 Å². The summed E-state index contributed by atoms with van der Waals surface area (Å²) in [6, 6.07) is 1.80. The molecule has 0 unspecified atom stereocenters. The molecule has 1 aromatic rings. The van der Waals surface area contributed by atoms with Gasteiger partial charge in [-0.2, -0.15) is 5.10 Å². The molecule has 5 heteroatoms. The zero-order chi connectivity index (χ0) is 11.3. The van der Waals surface area contributed by atoms with Crippen molar-refractivity contribution < 1.29 is 4.79 Å². The molecule has 0 aliphatic heterocycles. The standard InChI is InChI=1S/C10H14N4O/c1-4-5-11-7-10(15)12-9-6-8(2)13-14(9)3/h1,6,11H,5,7H2,2-3H3,(H,12,15). The number of nitrogens with zero attached hydrogens (tertiary/aromatic N) is 2. The Morgan fingerprint density at radius 1 is 1.73 bits per heavy atom. The second-order valence-electron chi connectivity index (χ2n) is 3.15. The summed E-state index contributed by atoms with van der Waals surface area (Å²) in [6.07, 6.45) is 5.04. The van der Waals surface area contributed by atoms with E-state index in [9.17, 15) is 4.79 Å². The highest BCUT2D eigenvalue weighted by Gasteiger charge is 2.05. The smallest absolute Gasteiger partial charge is 0.239 e. The number of rotatable bonds is 4. The average molecular weight is 206 g/mol. The van der Waals surface area contributed by atoms with Gasteiger partial charge in [0.25, 0.3) is 0 Å². The Hall–Kier alpha value is -1.80. The second-order valence-corrected chi connectivity index (χ2v) is 3.15. The van der Waals surface area contributed by atoms with Gasteiger partial charge in [0.2, 0.25) is 5.91 Å². The van der Waals surface area contributed by atoms with E-state index in [1.54, 1.807) is 17.8 Å². The predicted octanol–water partition coefficient (Wildman–Crippen LogP) is -0.110. The van der Waals surface area contributed by atoms with Crippen LogP contribution in [0.25, 0.3) is 0 Å². The fraction of sp³-hybridized carbons (Fsp3) is 0.400. The minimum absolute atomic E-state index is 0.131. The topological polar surface area (TPSA) is 59.0 Å². The lowest BCUT2D eigenvalue weighted by Crippen LogP contribution is -2.28. The zero-order valence-electron chi connectivity index (χ0n) is 8.87. The van der Waals surface area contributed by atoms with Crippen molar-refractivity contribution in [3.8, 4) is 12.3 Å². The van der Waals surface area contributed by atoms with Crippen LogP contribution in [0.4, 0.5) is 5.82 Å². The molecule has 1 amide bonds. The summed E-state index contributed by atoms with van der Waals surface area (Å²) in [5.74, 6) is 2.94. The zero-order valence-corrected chi connectivity index (χ0v) is 8.87. The fourth-order valence-electron chi connectivity index (χ4n) is 1.16. The number of terminal acetylenes is 1. The minimum Gasteiger partial charge on any atom is -0.310 e. The first-order chi connectivity index (χ1) is 7.13. The van der Waals surface area contributed by atoms with Crippen LogP contribution < -0.4 is 10.6 Å². The highest BCUT2D eigenvalue weighted by molar-refractivity contribution is 5.91. The lowest BCUT2D eigenvalue weighted by atomic mass is 10.4. The normalized spacial score (nSPS) is 9.67. The van der Waals surface area contributed by atoms with Crippen LogP contribution in [0.2, 0.25) is 0 Å². The lowest BCUT2D eigenvalue weighted by Gasteiger charge is -2.04. The maximum absolute atomic E-state index is 11.4. The van der Waals surface area contributed by atoms with Crippen molar-refractivity contribution in [1.29, 1.82) is 0 Å². The average Bonchev–Trinajstić information content (AvgIpc) is 2.45. The monoisotopic (exact) mass is 206 g/mol. The van der Waals surface area contributed by atoms with E-state index in [-0.39, 0.29) is 12.5 Å². The quantitative estimate of drug-likeness (QED) is 0.534. The van der Waals surface area contributed by atoms with Crippen LogP contribution in [-0.2, 0) is 11.8 Å². The molecule has 1 rings (SSSR count). The summed E-state index contributed by atoms with van der Waals surface area (Å²) in [6.45, 7) is 2.46. The maximum atomic E-state index is 11.4. The number of carbonyl (C=O) groups excluding carboxylic acids is 1. The van der Waals surface area contributed by atoms with Crippen molar-refractivity contribution in [2.24, 2.45) is 7.05 Å². The lowest BCUT2D eigenvalue weighted by molar-refractivity contribution is -0.115. The molecule has 0 fully saturated rings. The minimum atomic E-state index is -0.131. The van der Waals surface area contributed by atoms with Crippen LogP contribution in [-0.4, -0.2) is 28.8 Å². The Labute approximate surface area is 88.9 Å². The van der Waals surface area contributed by atoms with Gasteiger partial charge in [0.05, 0.1) is 18.8 Å². The molecule has 0 saturated carbocycles.